The molecule has 1 aromatic carbocycles. The van der Waals surface area contributed by atoms with Crippen LogP contribution in [-0.2, 0) is 14.3 Å². The lowest BCUT2D eigenvalue weighted by Crippen LogP contribution is -2.22. The maximum absolute atomic E-state index is 11.9. The predicted molar refractivity (Wildman–Crippen MR) is 72.0 cm³/mol. The van der Waals surface area contributed by atoms with Crippen LogP contribution in [0.2, 0.25) is 10.0 Å². The van der Waals surface area contributed by atoms with E-state index in [0.717, 1.165) is 6.26 Å². The number of rotatable bonds is 3. The number of carboxylic acid groups (broad SMARTS) is 1. The van der Waals surface area contributed by atoms with Gasteiger partial charge in [-0.1, -0.05) is 23.2 Å². The van der Waals surface area contributed by atoms with E-state index in [1.54, 1.807) is 0 Å². The summed E-state index contributed by atoms with van der Waals surface area (Å²) < 4.78 is 10.0. The molecule has 0 fully saturated rings. The Hall–Kier alpha value is -1.92. The number of nitrogens with one attached hydrogen (secondary N) is 1. The van der Waals surface area contributed by atoms with E-state index in [9.17, 15) is 9.59 Å². The molecule has 2 rings (SSSR count). The molecule has 1 aliphatic rings. The lowest BCUT2D eigenvalue weighted by Gasteiger charge is -2.16. The molecule has 0 radical (unpaired) electrons. The number of ether oxygens (including phenoxy) is 2. The van der Waals surface area contributed by atoms with E-state index in [1.807, 2.05) is 0 Å². The SMILES string of the molecule is O=C(Nc1c(Cl)cc(Cl)cc1C(=O)O)C1=COCCO1. The van der Waals surface area contributed by atoms with Crippen molar-refractivity contribution in [1.29, 1.82) is 0 Å². The molecule has 0 bridgehead atoms. The summed E-state index contributed by atoms with van der Waals surface area (Å²) in [5, 5.41) is 11.6. The summed E-state index contributed by atoms with van der Waals surface area (Å²) in [7, 11) is 0. The Kier molecular flexibility index (Phi) is 4.36. The summed E-state index contributed by atoms with van der Waals surface area (Å²) in [6, 6.07) is 2.52. The Balaban J connectivity index is 2.31. The van der Waals surface area contributed by atoms with Gasteiger partial charge >= 0.3 is 5.97 Å². The van der Waals surface area contributed by atoms with E-state index < -0.39 is 11.9 Å². The predicted octanol–water partition coefficient (Wildman–Crippen LogP) is 2.52. The number of hydrogen-bond donors (Lipinski definition) is 2. The van der Waals surface area contributed by atoms with Gasteiger partial charge in [-0.05, 0) is 12.1 Å². The summed E-state index contributed by atoms with van der Waals surface area (Å²) in [5.74, 6) is -1.98. The maximum Gasteiger partial charge on any atom is 0.337 e. The molecule has 106 valence electrons. The normalized spacial score (nSPS) is 13.8. The van der Waals surface area contributed by atoms with Crippen molar-refractivity contribution in [2.75, 3.05) is 18.5 Å². The van der Waals surface area contributed by atoms with Crippen molar-refractivity contribution in [3.63, 3.8) is 0 Å². The molecular weight excluding hydrogens is 309 g/mol. The Morgan fingerprint density at radius 3 is 2.60 bits per heavy atom. The molecule has 1 amide bonds. The third-order valence-electron chi connectivity index (χ3n) is 2.40. The topological polar surface area (TPSA) is 84.9 Å². The monoisotopic (exact) mass is 317 g/mol. The van der Waals surface area contributed by atoms with Crippen molar-refractivity contribution in [3.05, 3.63) is 39.8 Å². The molecule has 0 aliphatic carbocycles. The first-order valence-corrected chi connectivity index (χ1v) is 6.23. The minimum absolute atomic E-state index is 0.0144. The first-order valence-electron chi connectivity index (χ1n) is 5.47. The van der Waals surface area contributed by atoms with Crippen molar-refractivity contribution < 1.29 is 24.2 Å². The average Bonchev–Trinajstić information content (AvgIpc) is 2.42. The highest BCUT2D eigenvalue weighted by Gasteiger charge is 2.21. The Morgan fingerprint density at radius 2 is 2.00 bits per heavy atom. The number of halogens is 2. The Labute approximate surface area is 123 Å². The first kappa shape index (κ1) is 14.5. The highest BCUT2D eigenvalue weighted by molar-refractivity contribution is 6.38. The van der Waals surface area contributed by atoms with E-state index >= 15 is 0 Å². The van der Waals surface area contributed by atoms with E-state index in [0.29, 0.717) is 6.61 Å². The van der Waals surface area contributed by atoms with Crippen molar-refractivity contribution in [2.24, 2.45) is 0 Å². The number of anilines is 1. The molecule has 6 nitrogen and oxygen atoms in total. The van der Waals surface area contributed by atoms with Crippen LogP contribution in [0.5, 0.6) is 0 Å². The zero-order valence-electron chi connectivity index (χ0n) is 9.98. The van der Waals surface area contributed by atoms with Crippen LogP contribution in [0.15, 0.2) is 24.2 Å². The second-order valence-electron chi connectivity index (χ2n) is 3.77. The fourth-order valence-electron chi connectivity index (χ4n) is 1.53. The molecule has 0 aromatic heterocycles. The van der Waals surface area contributed by atoms with Crippen LogP contribution in [0.25, 0.3) is 0 Å². The number of carbonyl (C=O) groups excluding carboxylic acids is 1. The van der Waals surface area contributed by atoms with Gasteiger partial charge in [-0.15, -0.1) is 0 Å². The molecule has 1 aliphatic heterocycles. The number of carboxylic acids is 1. The van der Waals surface area contributed by atoms with Gasteiger partial charge in [-0.3, -0.25) is 4.79 Å². The Morgan fingerprint density at radius 1 is 1.25 bits per heavy atom. The minimum atomic E-state index is -1.26. The molecule has 0 unspecified atom stereocenters. The standard InChI is InChI=1S/C12H9Cl2NO5/c13-6-3-7(12(17)18)10(8(14)4-6)15-11(16)9-5-19-1-2-20-9/h3-5H,1-2H2,(H,15,16)(H,17,18). The summed E-state index contributed by atoms with van der Waals surface area (Å²) in [4.78, 5) is 23.1. The highest BCUT2D eigenvalue weighted by Crippen LogP contribution is 2.30. The molecule has 8 heteroatoms. The van der Waals surface area contributed by atoms with Crippen LogP contribution in [0.4, 0.5) is 5.69 Å². The summed E-state index contributed by atoms with van der Waals surface area (Å²) in [5.41, 5.74) is -0.267. The van der Waals surface area contributed by atoms with E-state index in [4.69, 9.17) is 37.8 Å². The van der Waals surface area contributed by atoms with Gasteiger partial charge in [-0.2, -0.15) is 0 Å². The van der Waals surface area contributed by atoms with Gasteiger partial charge in [0, 0.05) is 5.02 Å². The molecular formula is C12H9Cl2NO5. The highest BCUT2D eigenvalue weighted by atomic mass is 35.5. The fraction of sp³-hybridized carbons (Fsp3) is 0.167. The summed E-state index contributed by atoms with van der Waals surface area (Å²) in [6.07, 6.45) is 1.16. The Bertz CT molecular complexity index is 600. The maximum atomic E-state index is 11.9. The van der Waals surface area contributed by atoms with Crippen LogP contribution in [0.3, 0.4) is 0 Å². The van der Waals surface area contributed by atoms with Gasteiger partial charge < -0.3 is 19.9 Å². The van der Waals surface area contributed by atoms with Crippen LogP contribution >= 0.6 is 23.2 Å². The number of hydrogen-bond acceptors (Lipinski definition) is 4. The smallest absolute Gasteiger partial charge is 0.337 e. The number of carbonyl (C=O) groups is 2. The third-order valence-corrected chi connectivity index (χ3v) is 2.91. The van der Waals surface area contributed by atoms with Crippen LogP contribution in [0.1, 0.15) is 10.4 Å². The largest absolute Gasteiger partial charge is 0.494 e. The average molecular weight is 318 g/mol. The van der Waals surface area contributed by atoms with Crippen molar-refractivity contribution in [1.82, 2.24) is 0 Å². The van der Waals surface area contributed by atoms with Gasteiger partial charge in [0.25, 0.3) is 5.91 Å². The molecule has 0 saturated carbocycles. The van der Waals surface area contributed by atoms with Crippen molar-refractivity contribution >= 4 is 40.8 Å². The quantitative estimate of drug-likeness (QED) is 0.894. The van der Waals surface area contributed by atoms with Crippen LogP contribution in [-0.4, -0.2) is 30.2 Å². The van der Waals surface area contributed by atoms with Gasteiger partial charge in [0.2, 0.25) is 5.76 Å². The second-order valence-corrected chi connectivity index (χ2v) is 4.61. The summed E-state index contributed by atoms with van der Waals surface area (Å²) in [6.45, 7) is 0.582. The fourth-order valence-corrected chi connectivity index (χ4v) is 2.07. The number of amides is 1. The van der Waals surface area contributed by atoms with E-state index in [2.05, 4.69) is 5.32 Å². The minimum Gasteiger partial charge on any atom is -0.494 e. The number of aromatic carboxylic acids is 1. The van der Waals surface area contributed by atoms with Crippen molar-refractivity contribution in [3.8, 4) is 0 Å². The zero-order valence-corrected chi connectivity index (χ0v) is 11.5. The second kappa shape index (κ2) is 6.02. The van der Waals surface area contributed by atoms with Crippen LogP contribution in [0, 0.1) is 0 Å². The molecule has 0 atom stereocenters. The van der Waals surface area contributed by atoms with Gasteiger partial charge in [0.1, 0.15) is 19.5 Å². The lowest BCUT2D eigenvalue weighted by molar-refractivity contribution is -0.117. The first-order chi connectivity index (χ1) is 9.49. The van der Waals surface area contributed by atoms with Crippen LogP contribution < -0.4 is 5.32 Å². The molecule has 20 heavy (non-hydrogen) atoms. The zero-order chi connectivity index (χ0) is 14.7. The molecule has 2 N–H and O–H groups in total. The number of benzene rings is 1. The van der Waals surface area contributed by atoms with E-state index in [1.165, 1.54) is 12.1 Å². The van der Waals surface area contributed by atoms with Gasteiger partial charge in [0.15, 0.2) is 0 Å². The summed E-state index contributed by atoms with van der Waals surface area (Å²) >= 11 is 11.6. The van der Waals surface area contributed by atoms with Gasteiger partial charge in [-0.25, -0.2) is 4.79 Å². The van der Waals surface area contributed by atoms with Crippen molar-refractivity contribution in [2.45, 2.75) is 0 Å². The molecule has 1 heterocycles. The van der Waals surface area contributed by atoms with E-state index in [-0.39, 0.29) is 33.7 Å². The molecule has 0 spiro atoms. The third kappa shape index (κ3) is 3.15. The van der Waals surface area contributed by atoms with Gasteiger partial charge in [0.05, 0.1) is 16.3 Å². The molecule has 0 saturated heterocycles. The molecule has 1 aromatic rings. The lowest BCUT2D eigenvalue weighted by atomic mass is 10.1.